The van der Waals surface area contributed by atoms with Crippen molar-refractivity contribution in [2.24, 2.45) is 22.2 Å². The molecular weight excluding hydrogens is 488 g/mol. The van der Waals surface area contributed by atoms with E-state index in [9.17, 15) is 24.3 Å². The number of amides is 3. The van der Waals surface area contributed by atoms with Crippen LogP contribution in [0.4, 0.5) is 0 Å². The number of guanidine groups is 1. The number of rotatable bonds is 14. The second-order valence-corrected chi connectivity index (χ2v) is 8.40. The van der Waals surface area contributed by atoms with Crippen molar-refractivity contribution in [2.75, 3.05) is 18.8 Å². The number of aromatic amines is 1. The molecule has 3 atom stereocenters. The largest absolute Gasteiger partial charge is 0.480 e. The van der Waals surface area contributed by atoms with Crippen LogP contribution in [-0.2, 0) is 25.6 Å². The van der Waals surface area contributed by atoms with Gasteiger partial charge < -0.3 is 43.2 Å². The topological polar surface area (TPSA) is 231 Å². The molecule has 13 nitrogen and oxygen atoms in total. The maximum Gasteiger partial charge on any atom is 0.326 e. The first-order valence-corrected chi connectivity index (χ1v) is 11.8. The van der Waals surface area contributed by atoms with Crippen molar-refractivity contribution in [3.8, 4) is 0 Å². The van der Waals surface area contributed by atoms with E-state index in [2.05, 4.69) is 38.6 Å². The van der Waals surface area contributed by atoms with Gasteiger partial charge in [0.2, 0.25) is 17.7 Å². The summed E-state index contributed by atoms with van der Waals surface area (Å²) in [7, 11) is 0. The third-order valence-corrected chi connectivity index (χ3v) is 5.66. The van der Waals surface area contributed by atoms with Gasteiger partial charge in [0.1, 0.15) is 12.1 Å². The van der Waals surface area contributed by atoms with Crippen molar-refractivity contribution < 1.29 is 24.3 Å². The fourth-order valence-corrected chi connectivity index (χ4v) is 3.56. The van der Waals surface area contributed by atoms with Crippen molar-refractivity contribution in [3.05, 3.63) is 36.0 Å². The molecule has 0 aliphatic heterocycles. The zero-order chi connectivity index (χ0) is 26.7. The number of carboxylic acid groups (broad SMARTS) is 1. The lowest BCUT2D eigenvalue weighted by Gasteiger charge is -2.20. The second kappa shape index (κ2) is 13.9. The molecule has 3 unspecified atom stereocenters. The Hall–Kier alpha value is -3.78. The highest BCUT2D eigenvalue weighted by atomic mass is 32.1. The Labute approximate surface area is 213 Å². The zero-order valence-electron chi connectivity index (χ0n) is 19.6. The minimum absolute atomic E-state index is 0.0458. The van der Waals surface area contributed by atoms with Gasteiger partial charge in [0.25, 0.3) is 0 Å². The predicted molar refractivity (Wildman–Crippen MR) is 138 cm³/mol. The fourth-order valence-electron chi connectivity index (χ4n) is 3.39. The van der Waals surface area contributed by atoms with Crippen molar-refractivity contribution in [1.29, 1.82) is 0 Å². The highest BCUT2D eigenvalue weighted by molar-refractivity contribution is 7.80. The van der Waals surface area contributed by atoms with Crippen molar-refractivity contribution in [2.45, 2.75) is 37.4 Å². The van der Waals surface area contributed by atoms with Gasteiger partial charge in [-0.05, 0) is 24.5 Å². The standard InChI is InChI=1S/C22H32N8O5S/c23-14(11-36)19(32)30-16(6-3-7-26-22(24)25)20(33)28-10-18(31)29-17(21(34)35)8-12-9-27-15-5-2-1-4-13(12)15/h1-2,4-5,9,14,16-17,27,36H,3,6-8,10-11,23H2,(H,28,33)(H,29,31)(H,30,32)(H,34,35)(H4,24,25,26). The second-order valence-electron chi connectivity index (χ2n) is 8.04. The van der Waals surface area contributed by atoms with Crippen LogP contribution in [0.5, 0.6) is 0 Å². The number of hydrogen-bond donors (Lipinski definition) is 9. The van der Waals surface area contributed by atoms with E-state index in [4.69, 9.17) is 17.2 Å². The summed E-state index contributed by atoms with van der Waals surface area (Å²) in [6.07, 6.45) is 2.28. The molecule has 11 N–H and O–H groups in total. The number of para-hydroxylation sites is 1. The molecule has 2 aromatic rings. The smallest absolute Gasteiger partial charge is 0.326 e. The normalized spacial score (nSPS) is 13.3. The summed E-state index contributed by atoms with van der Waals surface area (Å²) < 4.78 is 0. The number of carboxylic acids is 1. The minimum atomic E-state index is -1.22. The number of nitrogens with one attached hydrogen (secondary N) is 4. The van der Waals surface area contributed by atoms with Crippen LogP contribution in [0.2, 0.25) is 0 Å². The van der Waals surface area contributed by atoms with E-state index >= 15 is 0 Å². The van der Waals surface area contributed by atoms with Gasteiger partial charge in [0.15, 0.2) is 5.96 Å². The minimum Gasteiger partial charge on any atom is -0.480 e. The maximum absolute atomic E-state index is 12.7. The molecule has 0 bridgehead atoms. The van der Waals surface area contributed by atoms with Gasteiger partial charge in [-0.15, -0.1) is 0 Å². The Morgan fingerprint density at radius 1 is 1.08 bits per heavy atom. The average molecular weight is 521 g/mol. The summed E-state index contributed by atoms with van der Waals surface area (Å²) in [4.78, 5) is 55.9. The Morgan fingerprint density at radius 3 is 2.47 bits per heavy atom. The highest BCUT2D eigenvalue weighted by Gasteiger charge is 2.25. The number of aromatic nitrogens is 1. The number of benzene rings is 1. The van der Waals surface area contributed by atoms with Gasteiger partial charge in [-0.25, -0.2) is 4.79 Å². The first-order valence-electron chi connectivity index (χ1n) is 11.2. The van der Waals surface area contributed by atoms with Crippen LogP contribution in [0.15, 0.2) is 35.5 Å². The SMILES string of the molecule is NC(N)=NCCCC(NC(=O)C(N)CS)C(=O)NCC(=O)NC(Cc1c[nH]c2ccccc12)C(=O)O. The monoisotopic (exact) mass is 520 g/mol. The molecular formula is C22H32N8O5S. The first-order chi connectivity index (χ1) is 17.1. The van der Waals surface area contributed by atoms with Crippen LogP contribution in [0.1, 0.15) is 18.4 Å². The summed E-state index contributed by atoms with van der Waals surface area (Å²) in [5.41, 5.74) is 17.8. The number of fused-ring (bicyclic) bond motifs is 1. The zero-order valence-corrected chi connectivity index (χ0v) is 20.5. The van der Waals surface area contributed by atoms with Crippen molar-refractivity contribution in [3.63, 3.8) is 0 Å². The Morgan fingerprint density at radius 2 is 1.81 bits per heavy atom. The van der Waals surface area contributed by atoms with Crippen LogP contribution in [-0.4, -0.2) is 76.7 Å². The molecule has 0 saturated carbocycles. The molecule has 0 spiro atoms. The maximum atomic E-state index is 12.7. The summed E-state index contributed by atoms with van der Waals surface area (Å²) in [6.45, 7) is -0.259. The van der Waals surface area contributed by atoms with Crippen LogP contribution >= 0.6 is 12.6 Å². The molecule has 0 saturated heterocycles. The van der Waals surface area contributed by atoms with E-state index in [0.29, 0.717) is 6.42 Å². The van der Waals surface area contributed by atoms with Gasteiger partial charge in [-0.3, -0.25) is 19.4 Å². The molecule has 14 heteroatoms. The van der Waals surface area contributed by atoms with Gasteiger partial charge in [-0.1, -0.05) is 18.2 Å². The Bertz CT molecular complexity index is 1100. The van der Waals surface area contributed by atoms with E-state index in [1.54, 1.807) is 6.20 Å². The van der Waals surface area contributed by atoms with E-state index in [0.717, 1.165) is 16.5 Å². The van der Waals surface area contributed by atoms with E-state index < -0.39 is 48.4 Å². The molecule has 1 heterocycles. The van der Waals surface area contributed by atoms with Crippen LogP contribution in [0, 0.1) is 0 Å². The van der Waals surface area contributed by atoms with Gasteiger partial charge >= 0.3 is 5.97 Å². The number of carbonyl (C=O) groups excluding carboxylic acids is 3. The summed E-state index contributed by atoms with van der Waals surface area (Å²) in [5, 5.41) is 17.8. The lowest BCUT2D eigenvalue weighted by molar-refractivity contribution is -0.141. The Kier molecular flexibility index (Phi) is 11.0. The number of carbonyl (C=O) groups is 4. The molecule has 0 fully saturated rings. The molecule has 36 heavy (non-hydrogen) atoms. The predicted octanol–water partition coefficient (Wildman–Crippen LogP) is -1.81. The van der Waals surface area contributed by atoms with E-state index in [1.165, 1.54) is 0 Å². The molecule has 0 aliphatic carbocycles. The summed E-state index contributed by atoms with van der Waals surface area (Å²) in [6, 6.07) is 4.25. The lowest BCUT2D eigenvalue weighted by Crippen LogP contribution is -2.54. The number of nitrogens with zero attached hydrogens (tertiary/aromatic N) is 1. The van der Waals surface area contributed by atoms with Crippen LogP contribution in [0.3, 0.4) is 0 Å². The number of thiol groups is 1. The van der Waals surface area contributed by atoms with E-state index in [1.807, 2.05) is 24.3 Å². The molecule has 1 aromatic heterocycles. The van der Waals surface area contributed by atoms with Crippen molar-refractivity contribution >= 4 is 53.2 Å². The highest BCUT2D eigenvalue weighted by Crippen LogP contribution is 2.19. The fraction of sp³-hybridized carbons (Fsp3) is 0.409. The van der Waals surface area contributed by atoms with Gasteiger partial charge in [0, 0.05) is 35.8 Å². The number of nitrogens with two attached hydrogens (primary N) is 3. The van der Waals surface area contributed by atoms with Gasteiger partial charge in [-0.2, -0.15) is 12.6 Å². The molecule has 1 aromatic carbocycles. The number of aliphatic carboxylic acids is 1. The molecule has 3 amide bonds. The number of hydrogen-bond acceptors (Lipinski definition) is 7. The quantitative estimate of drug-likeness (QED) is 0.0595. The summed E-state index contributed by atoms with van der Waals surface area (Å²) >= 11 is 3.97. The lowest BCUT2D eigenvalue weighted by atomic mass is 10.0. The molecule has 0 radical (unpaired) electrons. The van der Waals surface area contributed by atoms with E-state index in [-0.39, 0.29) is 31.1 Å². The van der Waals surface area contributed by atoms with Crippen molar-refractivity contribution in [1.82, 2.24) is 20.9 Å². The third kappa shape index (κ3) is 8.78. The first kappa shape index (κ1) is 28.5. The summed E-state index contributed by atoms with van der Waals surface area (Å²) in [5.74, 6) is -3.17. The molecule has 196 valence electrons. The molecule has 2 rings (SSSR count). The third-order valence-electron chi connectivity index (χ3n) is 5.27. The van der Waals surface area contributed by atoms with Crippen LogP contribution < -0.4 is 33.2 Å². The number of aliphatic imine (C=N–C) groups is 1. The van der Waals surface area contributed by atoms with Gasteiger partial charge in [0.05, 0.1) is 12.6 Å². The Balaban J connectivity index is 1.96. The average Bonchev–Trinajstić information content (AvgIpc) is 3.25. The molecule has 0 aliphatic rings. The van der Waals surface area contributed by atoms with Crippen LogP contribution in [0.25, 0.3) is 10.9 Å². The number of H-pyrrole nitrogens is 1.